The van der Waals surface area contributed by atoms with Crippen LogP contribution in [0.1, 0.15) is 10.4 Å². The third-order valence-electron chi connectivity index (χ3n) is 4.38. The van der Waals surface area contributed by atoms with Gasteiger partial charge in [-0.15, -0.1) is 0 Å². The number of nitrogens with zero attached hydrogens (tertiary/aromatic N) is 1. The molecule has 0 aliphatic carbocycles. The first-order valence-electron chi connectivity index (χ1n) is 8.90. The summed E-state index contributed by atoms with van der Waals surface area (Å²) in [5.41, 5.74) is 2.59. The summed E-state index contributed by atoms with van der Waals surface area (Å²) in [6, 6.07) is 21.6. The zero-order valence-corrected chi connectivity index (χ0v) is 16.3. The second-order valence-electron chi connectivity index (χ2n) is 6.26. The Bertz CT molecular complexity index is 1140. The van der Waals surface area contributed by atoms with E-state index in [2.05, 4.69) is 10.3 Å². The van der Waals surface area contributed by atoms with Crippen LogP contribution in [-0.4, -0.2) is 18.0 Å². The summed E-state index contributed by atoms with van der Waals surface area (Å²) in [4.78, 5) is 17.2. The molecule has 4 aromatic rings. The number of anilines is 1. The van der Waals surface area contributed by atoms with Crippen molar-refractivity contribution in [2.75, 3.05) is 12.4 Å². The van der Waals surface area contributed by atoms with E-state index in [9.17, 15) is 4.79 Å². The van der Waals surface area contributed by atoms with Gasteiger partial charge in [0.1, 0.15) is 5.75 Å². The van der Waals surface area contributed by atoms with Gasteiger partial charge in [-0.25, -0.2) is 4.98 Å². The quantitative estimate of drug-likeness (QED) is 0.448. The molecule has 0 bridgehead atoms. The first-order chi connectivity index (χ1) is 14.1. The molecule has 6 heteroatoms. The summed E-state index contributed by atoms with van der Waals surface area (Å²) < 4.78 is 11.1. The van der Waals surface area contributed by atoms with Crippen molar-refractivity contribution >= 4 is 23.2 Å². The Morgan fingerprint density at radius 3 is 2.45 bits per heavy atom. The molecule has 0 unspecified atom stereocenters. The summed E-state index contributed by atoms with van der Waals surface area (Å²) in [7, 11) is 1.62. The van der Waals surface area contributed by atoms with Gasteiger partial charge in [0.15, 0.2) is 5.76 Å². The zero-order chi connectivity index (χ0) is 20.2. The van der Waals surface area contributed by atoms with E-state index in [1.165, 1.54) is 0 Å². The molecule has 29 heavy (non-hydrogen) atoms. The van der Waals surface area contributed by atoms with Crippen molar-refractivity contribution in [3.8, 4) is 28.5 Å². The molecular formula is C23H17ClN2O3. The van der Waals surface area contributed by atoms with Gasteiger partial charge in [0.25, 0.3) is 5.91 Å². The van der Waals surface area contributed by atoms with E-state index in [4.69, 9.17) is 20.8 Å². The predicted octanol–water partition coefficient (Wildman–Crippen LogP) is 5.92. The van der Waals surface area contributed by atoms with E-state index in [0.717, 1.165) is 11.3 Å². The van der Waals surface area contributed by atoms with Gasteiger partial charge in [0.05, 0.1) is 18.9 Å². The number of benzene rings is 3. The van der Waals surface area contributed by atoms with Crippen LogP contribution < -0.4 is 10.1 Å². The first kappa shape index (κ1) is 18.8. The number of halogens is 1. The molecular weight excluding hydrogens is 388 g/mol. The number of nitrogens with one attached hydrogen (secondary N) is 1. The van der Waals surface area contributed by atoms with Gasteiger partial charge in [0.2, 0.25) is 5.89 Å². The minimum Gasteiger partial charge on any atom is -0.497 e. The maximum Gasteiger partial charge on any atom is 0.256 e. The first-order valence-corrected chi connectivity index (χ1v) is 9.28. The lowest BCUT2D eigenvalue weighted by Gasteiger charge is -2.08. The Morgan fingerprint density at radius 1 is 1.00 bits per heavy atom. The van der Waals surface area contributed by atoms with Gasteiger partial charge < -0.3 is 14.5 Å². The number of oxazole rings is 1. The summed E-state index contributed by atoms with van der Waals surface area (Å²) in [5.74, 6) is 1.48. The Labute approximate surface area is 172 Å². The number of hydrogen-bond acceptors (Lipinski definition) is 4. The maximum absolute atomic E-state index is 12.8. The minimum atomic E-state index is -0.257. The monoisotopic (exact) mass is 404 g/mol. The summed E-state index contributed by atoms with van der Waals surface area (Å²) >= 11 is 5.90. The van der Waals surface area contributed by atoms with Crippen LogP contribution in [0.4, 0.5) is 5.69 Å². The Hall–Kier alpha value is -3.57. The van der Waals surface area contributed by atoms with Gasteiger partial charge in [-0.2, -0.15) is 0 Å². The molecule has 0 spiro atoms. The normalized spacial score (nSPS) is 10.6. The molecule has 1 N–H and O–H groups in total. The zero-order valence-electron chi connectivity index (χ0n) is 15.6. The largest absolute Gasteiger partial charge is 0.497 e. The van der Waals surface area contributed by atoms with Crippen molar-refractivity contribution in [3.05, 3.63) is 89.6 Å². The molecule has 1 aromatic heterocycles. The third kappa shape index (κ3) is 4.15. The number of methoxy groups -OCH3 is 1. The Morgan fingerprint density at radius 2 is 1.72 bits per heavy atom. The van der Waals surface area contributed by atoms with E-state index < -0.39 is 0 Å². The van der Waals surface area contributed by atoms with E-state index in [0.29, 0.717) is 33.5 Å². The highest BCUT2D eigenvalue weighted by Gasteiger charge is 2.17. The smallest absolute Gasteiger partial charge is 0.256 e. The third-order valence-corrected chi connectivity index (χ3v) is 4.64. The molecule has 0 atom stereocenters. The molecule has 144 valence electrons. The topological polar surface area (TPSA) is 64.4 Å². The lowest BCUT2D eigenvalue weighted by atomic mass is 10.1. The van der Waals surface area contributed by atoms with Crippen LogP contribution in [0.5, 0.6) is 5.75 Å². The van der Waals surface area contributed by atoms with Gasteiger partial charge >= 0.3 is 0 Å². The molecule has 0 saturated carbocycles. The minimum absolute atomic E-state index is 0.257. The lowest BCUT2D eigenvalue weighted by Crippen LogP contribution is -2.13. The SMILES string of the molecule is COc1ccc(-c2cnc(-c3ccccc3C(=O)Nc3ccc(Cl)cc3)o2)cc1. The van der Waals surface area contributed by atoms with Crippen LogP contribution in [0.15, 0.2) is 83.4 Å². The van der Waals surface area contributed by atoms with Crippen LogP contribution >= 0.6 is 11.6 Å². The highest BCUT2D eigenvalue weighted by Crippen LogP contribution is 2.29. The van der Waals surface area contributed by atoms with Crippen molar-refractivity contribution in [1.29, 1.82) is 0 Å². The highest BCUT2D eigenvalue weighted by molar-refractivity contribution is 6.30. The number of carbonyl (C=O) groups excluding carboxylic acids is 1. The molecule has 4 rings (SSSR count). The highest BCUT2D eigenvalue weighted by atomic mass is 35.5. The van der Waals surface area contributed by atoms with Gasteiger partial charge in [-0.3, -0.25) is 4.79 Å². The molecule has 0 saturated heterocycles. The fourth-order valence-corrected chi connectivity index (χ4v) is 3.01. The van der Waals surface area contributed by atoms with Crippen LogP contribution in [-0.2, 0) is 0 Å². The van der Waals surface area contributed by atoms with E-state index in [1.807, 2.05) is 30.3 Å². The number of hydrogen-bond donors (Lipinski definition) is 1. The second kappa shape index (κ2) is 8.20. The molecule has 0 radical (unpaired) electrons. The number of rotatable bonds is 5. The van der Waals surface area contributed by atoms with Crippen molar-refractivity contribution in [2.45, 2.75) is 0 Å². The molecule has 0 fully saturated rings. The number of amides is 1. The van der Waals surface area contributed by atoms with E-state index in [-0.39, 0.29) is 5.91 Å². The Kier molecular flexibility index (Phi) is 5.31. The van der Waals surface area contributed by atoms with Crippen molar-refractivity contribution < 1.29 is 13.9 Å². The maximum atomic E-state index is 12.8. The average Bonchev–Trinajstić information content (AvgIpc) is 3.25. The molecule has 0 aliphatic heterocycles. The standard InChI is InChI=1S/C23H17ClN2O3/c1-28-18-12-6-15(7-13-18)21-14-25-23(29-21)20-5-3-2-4-19(20)22(27)26-17-10-8-16(24)9-11-17/h2-14H,1H3,(H,26,27). The molecule has 0 aliphatic rings. The van der Waals surface area contributed by atoms with E-state index in [1.54, 1.807) is 55.8 Å². The molecule has 5 nitrogen and oxygen atoms in total. The van der Waals surface area contributed by atoms with Crippen molar-refractivity contribution in [3.63, 3.8) is 0 Å². The summed E-state index contributed by atoms with van der Waals surface area (Å²) in [5, 5.41) is 3.47. The van der Waals surface area contributed by atoms with Gasteiger partial charge in [-0.05, 0) is 60.7 Å². The van der Waals surface area contributed by atoms with Crippen molar-refractivity contribution in [1.82, 2.24) is 4.98 Å². The summed E-state index contributed by atoms with van der Waals surface area (Å²) in [6.07, 6.45) is 1.64. The van der Waals surface area contributed by atoms with Gasteiger partial charge in [-0.1, -0.05) is 23.7 Å². The number of carbonyl (C=O) groups is 1. The van der Waals surface area contributed by atoms with E-state index >= 15 is 0 Å². The fraction of sp³-hybridized carbons (Fsp3) is 0.0435. The second-order valence-corrected chi connectivity index (χ2v) is 6.70. The fourth-order valence-electron chi connectivity index (χ4n) is 2.89. The van der Waals surface area contributed by atoms with Crippen LogP contribution in [0.3, 0.4) is 0 Å². The lowest BCUT2D eigenvalue weighted by molar-refractivity contribution is 0.102. The molecule has 1 heterocycles. The summed E-state index contributed by atoms with van der Waals surface area (Å²) in [6.45, 7) is 0. The molecule has 1 amide bonds. The van der Waals surface area contributed by atoms with Gasteiger partial charge in [0, 0.05) is 21.8 Å². The Balaban J connectivity index is 1.62. The predicted molar refractivity (Wildman–Crippen MR) is 113 cm³/mol. The number of ether oxygens (including phenoxy) is 1. The van der Waals surface area contributed by atoms with Crippen molar-refractivity contribution in [2.24, 2.45) is 0 Å². The van der Waals surface area contributed by atoms with Crippen LogP contribution in [0.25, 0.3) is 22.8 Å². The van der Waals surface area contributed by atoms with Crippen LogP contribution in [0.2, 0.25) is 5.02 Å². The average molecular weight is 405 g/mol. The number of aromatic nitrogens is 1. The van der Waals surface area contributed by atoms with Crippen LogP contribution in [0, 0.1) is 0 Å². The molecule has 3 aromatic carbocycles.